The van der Waals surface area contributed by atoms with Crippen molar-refractivity contribution in [3.63, 3.8) is 0 Å². The second-order valence-electron chi connectivity index (χ2n) is 4.76. The molecule has 0 aliphatic carbocycles. The van der Waals surface area contributed by atoms with Gasteiger partial charge in [-0.05, 0) is 31.2 Å². The third kappa shape index (κ3) is 3.17. The first kappa shape index (κ1) is 14.5. The number of anilines is 1. The normalized spacial score (nSPS) is 10.7. The Morgan fingerprint density at radius 1 is 1.30 bits per heavy atom. The van der Waals surface area contributed by atoms with Gasteiger partial charge in [-0.25, -0.2) is 4.98 Å². The third-order valence-corrected chi connectivity index (χ3v) is 3.41. The molecule has 0 saturated heterocycles. The molecule has 1 aromatic carbocycles. The predicted octanol–water partition coefficient (Wildman–Crippen LogP) is 3.36. The maximum Gasteiger partial charge on any atom is 0.129 e. The van der Waals surface area contributed by atoms with Gasteiger partial charge in [-0.3, -0.25) is 0 Å². The monoisotopic (exact) mass is 269 g/mol. The zero-order valence-corrected chi connectivity index (χ0v) is 12.4. The van der Waals surface area contributed by atoms with Crippen LogP contribution in [0, 0.1) is 0 Å². The largest absolute Gasteiger partial charge is 0.353 e. The van der Waals surface area contributed by atoms with Crippen LogP contribution in [0.3, 0.4) is 0 Å². The number of para-hydroxylation sites is 1. The van der Waals surface area contributed by atoms with Crippen LogP contribution in [-0.2, 0) is 6.54 Å². The van der Waals surface area contributed by atoms with Gasteiger partial charge in [0.1, 0.15) is 5.82 Å². The summed E-state index contributed by atoms with van der Waals surface area (Å²) >= 11 is 0. The van der Waals surface area contributed by atoms with Crippen molar-refractivity contribution < 1.29 is 0 Å². The quantitative estimate of drug-likeness (QED) is 0.781. The molecule has 1 N–H and O–H groups in total. The highest BCUT2D eigenvalue weighted by Gasteiger charge is 2.09. The van der Waals surface area contributed by atoms with Gasteiger partial charge in [-0.2, -0.15) is 0 Å². The van der Waals surface area contributed by atoms with Crippen LogP contribution in [0.1, 0.15) is 19.4 Å². The zero-order chi connectivity index (χ0) is 14.4. The highest BCUT2D eigenvalue weighted by atomic mass is 15.2. The number of hydrogen-bond donors (Lipinski definition) is 1. The van der Waals surface area contributed by atoms with Crippen molar-refractivity contribution >= 4 is 16.7 Å². The minimum atomic E-state index is 0.822. The standard InChI is InChI=1S/C17H23N3/c1-4-11-20(6-3)17-12-14(13-18-5-2)15-9-7-8-10-16(15)19-17/h4,7-10,12,18H,1,5-6,11,13H2,2-3H3. The van der Waals surface area contributed by atoms with Gasteiger partial charge in [0.2, 0.25) is 0 Å². The molecule has 2 rings (SSSR count). The van der Waals surface area contributed by atoms with Crippen molar-refractivity contribution in [1.82, 2.24) is 10.3 Å². The summed E-state index contributed by atoms with van der Waals surface area (Å²) < 4.78 is 0. The van der Waals surface area contributed by atoms with E-state index in [2.05, 4.69) is 54.9 Å². The number of likely N-dealkylation sites (N-methyl/N-ethyl adjacent to an activating group) is 1. The Morgan fingerprint density at radius 2 is 2.10 bits per heavy atom. The minimum Gasteiger partial charge on any atom is -0.353 e. The molecular formula is C17H23N3. The van der Waals surface area contributed by atoms with Gasteiger partial charge in [-0.15, -0.1) is 6.58 Å². The fraction of sp³-hybridized carbons (Fsp3) is 0.353. The molecule has 0 aliphatic rings. The van der Waals surface area contributed by atoms with Crippen molar-refractivity contribution in [2.75, 3.05) is 24.5 Å². The first-order chi connectivity index (χ1) is 9.80. The summed E-state index contributed by atoms with van der Waals surface area (Å²) in [6, 6.07) is 10.5. The van der Waals surface area contributed by atoms with Crippen LogP contribution in [0.5, 0.6) is 0 Å². The van der Waals surface area contributed by atoms with Gasteiger partial charge >= 0.3 is 0 Å². The van der Waals surface area contributed by atoms with Crippen LogP contribution in [-0.4, -0.2) is 24.6 Å². The Bertz CT molecular complexity index is 577. The molecule has 0 aliphatic heterocycles. The summed E-state index contributed by atoms with van der Waals surface area (Å²) in [6.45, 7) is 11.7. The topological polar surface area (TPSA) is 28.2 Å². The molecule has 0 bridgehead atoms. The van der Waals surface area contributed by atoms with Crippen molar-refractivity contribution in [2.45, 2.75) is 20.4 Å². The molecule has 0 radical (unpaired) electrons. The molecule has 20 heavy (non-hydrogen) atoms. The predicted molar refractivity (Wildman–Crippen MR) is 87.2 cm³/mol. The molecule has 2 aromatic rings. The minimum absolute atomic E-state index is 0.822. The molecule has 3 heteroatoms. The van der Waals surface area contributed by atoms with E-state index in [4.69, 9.17) is 4.98 Å². The summed E-state index contributed by atoms with van der Waals surface area (Å²) in [5.41, 5.74) is 2.36. The van der Waals surface area contributed by atoms with Crippen LogP contribution < -0.4 is 10.2 Å². The van der Waals surface area contributed by atoms with Gasteiger partial charge in [0, 0.05) is 25.0 Å². The molecule has 0 atom stereocenters. The summed E-state index contributed by atoms with van der Waals surface area (Å²) in [5.74, 6) is 1.03. The van der Waals surface area contributed by atoms with E-state index in [0.717, 1.165) is 37.5 Å². The molecule has 0 amide bonds. The van der Waals surface area contributed by atoms with E-state index in [9.17, 15) is 0 Å². The lowest BCUT2D eigenvalue weighted by Gasteiger charge is -2.21. The van der Waals surface area contributed by atoms with Crippen LogP contribution in [0.25, 0.3) is 10.9 Å². The maximum atomic E-state index is 4.78. The van der Waals surface area contributed by atoms with E-state index in [0.29, 0.717) is 0 Å². The van der Waals surface area contributed by atoms with Crippen molar-refractivity contribution in [3.8, 4) is 0 Å². The smallest absolute Gasteiger partial charge is 0.129 e. The Balaban J connectivity index is 2.47. The van der Waals surface area contributed by atoms with Gasteiger partial charge in [0.05, 0.1) is 5.52 Å². The molecular weight excluding hydrogens is 246 g/mol. The number of pyridine rings is 1. The number of hydrogen-bond acceptors (Lipinski definition) is 3. The summed E-state index contributed by atoms with van der Waals surface area (Å²) in [7, 11) is 0. The van der Waals surface area contributed by atoms with Gasteiger partial charge in [0.15, 0.2) is 0 Å². The van der Waals surface area contributed by atoms with Crippen LogP contribution in [0.2, 0.25) is 0 Å². The molecule has 3 nitrogen and oxygen atoms in total. The van der Waals surface area contributed by atoms with Gasteiger partial charge in [-0.1, -0.05) is 31.2 Å². The summed E-state index contributed by atoms with van der Waals surface area (Å²) in [6.07, 6.45) is 1.92. The van der Waals surface area contributed by atoms with E-state index in [-0.39, 0.29) is 0 Å². The first-order valence-electron chi connectivity index (χ1n) is 7.25. The van der Waals surface area contributed by atoms with Crippen LogP contribution in [0.4, 0.5) is 5.82 Å². The zero-order valence-electron chi connectivity index (χ0n) is 12.4. The van der Waals surface area contributed by atoms with E-state index < -0.39 is 0 Å². The molecule has 1 aromatic heterocycles. The van der Waals surface area contributed by atoms with E-state index in [1.165, 1.54) is 10.9 Å². The second kappa shape index (κ2) is 7.06. The molecule has 0 unspecified atom stereocenters. The number of benzene rings is 1. The number of nitrogens with zero attached hydrogens (tertiary/aromatic N) is 2. The highest BCUT2D eigenvalue weighted by Crippen LogP contribution is 2.23. The average Bonchev–Trinajstić information content (AvgIpc) is 2.50. The number of rotatable bonds is 7. The lowest BCUT2D eigenvalue weighted by molar-refractivity contribution is 0.729. The molecule has 106 valence electrons. The number of aromatic nitrogens is 1. The van der Waals surface area contributed by atoms with Crippen molar-refractivity contribution in [1.29, 1.82) is 0 Å². The summed E-state index contributed by atoms with van der Waals surface area (Å²) in [4.78, 5) is 7.02. The van der Waals surface area contributed by atoms with Gasteiger partial charge < -0.3 is 10.2 Å². The molecule has 0 spiro atoms. The maximum absolute atomic E-state index is 4.78. The Labute approximate surface area is 121 Å². The van der Waals surface area contributed by atoms with E-state index >= 15 is 0 Å². The summed E-state index contributed by atoms with van der Waals surface area (Å²) in [5, 5.41) is 4.63. The van der Waals surface area contributed by atoms with E-state index in [1.807, 2.05) is 12.1 Å². The third-order valence-electron chi connectivity index (χ3n) is 3.41. The first-order valence-corrected chi connectivity index (χ1v) is 7.25. The van der Waals surface area contributed by atoms with Gasteiger partial charge in [0.25, 0.3) is 0 Å². The molecule has 0 fully saturated rings. The SMILES string of the molecule is C=CCN(CC)c1cc(CNCC)c2ccccc2n1. The lowest BCUT2D eigenvalue weighted by Crippen LogP contribution is -2.24. The van der Waals surface area contributed by atoms with E-state index in [1.54, 1.807) is 0 Å². The lowest BCUT2D eigenvalue weighted by atomic mass is 10.1. The fourth-order valence-electron chi connectivity index (χ4n) is 2.34. The number of nitrogens with one attached hydrogen (secondary N) is 1. The Hall–Kier alpha value is -1.87. The highest BCUT2D eigenvalue weighted by molar-refractivity contribution is 5.84. The fourth-order valence-corrected chi connectivity index (χ4v) is 2.34. The second-order valence-corrected chi connectivity index (χ2v) is 4.76. The molecule has 0 saturated carbocycles. The number of fused-ring (bicyclic) bond motifs is 1. The van der Waals surface area contributed by atoms with Crippen molar-refractivity contribution in [3.05, 3.63) is 48.6 Å². The Morgan fingerprint density at radius 3 is 2.80 bits per heavy atom. The van der Waals surface area contributed by atoms with Crippen LogP contribution in [0.15, 0.2) is 43.0 Å². The Kier molecular flexibility index (Phi) is 5.13. The molecule has 1 heterocycles. The average molecular weight is 269 g/mol. The van der Waals surface area contributed by atoms with Crippen LogP contribution >= 0.6 is 0 Å². The van der Waals surface area contributed by atoms with Crippen molar-refractivity contribution in [2.24, 2.45) is 0 Å².